The summed E-state index contributed by atoms with van der Waals surface area (Å²) in [5.74, 6) is 1.30. The molecule has 9 heteroatoms. The van der Waals surface area contributed by atoms with E-state index < -0.39 is 7.60 Å². The summed E-state index contributed by atoms with van der Waals surface area (Å²) in [6.07, 6.45) is 1.41. The third-order valence-corrected chi connectivity index (χ3v) is 4.44. The Morgan fingerprint density at radius 3 is 2.52 bits per heavy atom. The lowest BCUT2D eigenvalue weighted by Gasteiger charge is -2.14. The van der Waals surface area contributed by atoms with Gasteiger partial charge >= 0.3 is 7.60 Å². The topological polar surface area (TPSA) is 96.8 Å². The van der Waals surface area contributed by atoms with Crippen LogP contribution in [0.4, 0.5) is 0 Å². The Hall–Kier alpha value is -1.63. The zero-order chi connectivity index (χ0) is 15.3. The van der Waals surface area contributed by atoms with Gasteiger partial charge in [0.25, 0.3) is 5.88 Å². The summed E-state index contributed by atoms with van der Waals surface area (Å²) in [6, 6.07) is 1.56. The molecule has 0 aliphatic heterocycles. The normalized spacial score (nSPS) is 11.8. The molecule has 0 aliphatic carbocycles. The SMILES string of the molecule is CCOP(=O)(Cc1ncc(-c2cc(OC)no2)o1)OCC. The molecule has 2 aromatic rings. The van der Waals surface area contributed by atoms with E-state index in [0.717, 1.165) is 0 Å². The highest BCUT2D eigenvalue weighted by atomic mass is 31.2. The molecule has 0 radical (unpaired) electrons. The van der Waals surface area contributed by atoms with Gasteiger partial charge in [0.15, 0.2) is 5.76 Å². The fraction of sp³-hybridized carbons (Fsp3) is 0.500. The van der Waals surface area contributed by atoms with E-state index in [2.05, 4.69) is 10.1 Å². The van der Waals surface area contributed by atoms with Gasteiger partial charge in [-0.2, -0.15) is 0 Å². The first-order chi connectivity index (χ1) is 10.1. The average Bonchev–Trinajstić information content (AvgIpc) is 3.07. The number of hydrogen-bond donors (Lipinski definition) is 0. The maximum absolute atomic E-state index is 12.4. The second kappa shape index (κ2) is 6.89. The molecule has 0 N–H and O–H groups in total. The summed E-state index contributed by atoms with van der Waals surface area (Å²) < 4.78 is 38.2. The lowest BCUT2D eigenvalue weighted by atomic mass is 10.4. The lowest BCUT2D eigenvalue weighted by molar-refractivity contribution is 0.217. The highest BCUT2D eigenvalue weighted by Crippen LogP contribution is 2.51. The van der Waals surface area contributed by atoms with Gasteiger partial charge in [0.05, 0.1) is 32.6 Å². The minimum atomic E-state index is -3.25. The minimum Gasteiger partial charge on any atom is -0.479 e. The molecule has 2 rings (SSSR count). The lowest BCUT2D eigenvalue weighted by Crippen LogP contribution is -1.99. The Labute approximate surface area is 121 Å². The molecule has 0 bridgehead atoms. The first kappa shape index (κ1) is 15.8. The van der Waals surface area contributed by atoms with Crippen LogP contribution >= 0.6 is 7.60 Å². The van der Waals surface area contributed by atoms with Crippen molar-refractivity contribution in [2.24, 2.45) is 0 Å². The molecular weight excluding hydrogens is 299 g/mol. The van der Waals surface area contributed by atoms with E-state index in [4.69, 9.17) is 22.7 Å². The van der Waals surface area contributed by atoms with Gasteiger partial charge in [0.1, 0.15) is 6.16 Å². The fourth-order valence-corrected chi connectivity index (χ4v) is 3.18. The summed E-state index contributed by atoms with van der Waals surface area (Å²) >= 11 is 0. The summed E-state index contributed by atoms with van der Waals surface area (Å²) in [6.45, 7) is 4.05. The Kier molecular flexibility index (Phi) is 5.17. The van der Waals surface area contributed by atoms with Crippen molar-refractivity contribution in [2.75, 3.05) is 20.3 Å². The van der Waals surface area contributed by atoms with E-state index in [0.29, 0.717) is 17.4 Å². The van der Waals surface area contributed by atoms with Gasteiger partial charge in [0, 0.05) is 0 Å². The maximum Gasteiger partial charge on any atom is 0.339 e. The third-order valence-electron chi connectivity index (χ3n) is 2.47. The van der Waals surface area contributed by atoms with Crippen LogP contribution in [-0.4, -0.2) is 30.5 Å². The van der Waals surface area contributed by atoms with Crippen LogP contribution in [-0.2, 0) is 19.8 Å². The quantitative estimate of drug-likeness (QED) is 0.685. The summed E-state index contributed by atoms with van der Waals surface area (Å²) in [5.41, 5.74) is 0. The Bertz CT molecular complexity index is 613. The van der Waals surface area contributed by atoms with Crippen molar-refractivity contribution < 1.29 is 27.3 Å². The number of aromatic nitrogens is 2. The smallest absolute Gasteiger partial charge is 0.339 e. The molecule has 21 heavy (non-hydrogen) atoms. The van der Waals surface area contributed by atoms with Crippen molar-refractivity contribution >= 4 is 7.60 Å². The van der Waals surface area contributed by atoms with Crippen LogP contribution in [0.25, 0.3) is 11.5 Å². The largest absolute Gasteiger partial charge is 0.479 e. The van der Waals surface area contributed by atoms with Crippen LogP contribution in [0, 0.1) is 0 Å². The number of methoxy groups -OCH3 is 1. The van der Waals surface area contributed by atoms with Crippen molar-refractivity contribution in [3.8, 4) is 17.4 Å². The molecule has 0 saturated heterocycles. The molecule has 8 nitrogen and oxygen atoms in total. The number of oxazole rings is 1. The van der Waals surface area contributed by atoms with Crippen molar-refractivity contribution in [1.82, 2.24) is 10.1 Å². The summed E-state index contributed by atoms with van der Waals surface area (Å²) in [4.78, 5) is 4.05. The zero-order valence-electron chi connectivity index (χ0n) is 12.1. The average molecular weight is 316 g/mol. The number of nitrogens with zero attached hydrogens (tertiary/aromatic N) is 2. The van der Waals surface area contributed by atoms with Crippen molar-refractivity contribution in [2.45, 2.75) is 20.0 Å². The molecule has 0 atom stereocenters. The second-order valence-corrected chi connectivity index (χ2v) is 6.01. The van der Waals surface area contributed by atoms with E-state index in [9.17, 15) is 4.57 Å². The molecular formula is C12H17N2O6P. The number of rotatable bonds is 8. The third kappa shape index (κ3) is 3.93. The van der Waals surface area contributed by atoms with Crippen molar-refractivity contribution in [3.05, 3.63) is 18.2 Å². The van der Waals surface area contributed by atoms with Gasteiger partial charge in [-0.1, -0.05) is 0 Å². The molecule has 0 unspecified atom stereocenters. The Morgan fingerprint density at radius 2 is 1.95 bits per heavy atom. The molecule has 116 valence electrons. The fourth-order valence-electron chi connectivity index (χ4n) is 1.66. The minimum absolute atomic E-state index is 0.0417. The van der Waals surface area contributed by atoms with E-state index >= 15 is 0 Å². The Morgan fingerprint density at radius 1 is 1.24 bits per heavy atom. The van der Waals surface area contributed by atoms with Crippen LogP contribution in [0.3, 0.4) is 0 Å². The van der Waals surface area contributed by atoms with Crippen LogP contribution in [0.1, 0.15) is 19.7 Å². The van der Waals surface area contributed by atoms with E-state index in [1.807, 2.05) is 0 Å². The summed E-state index contributed by atoms with van der Waals surface area (Å²) in [7, 11) is -1.77. The van der Waals surface area contributed by atoms with Crippen LogP contribution in [0.2, 0.25) is 0 Å². The van der Waals surface area contributed by atoms with E-state index in [-0.39, 0.29) is 25.3 Å². The standard InChI is InChI=1S/C12H17N2O6P/c1-4-17-21(15,18-5-2)8-12-13-7-10(19-12)9-6-11(16-3)14-20-9/h6-7H,4-5,8H2,1-3H3. The first-order valence-electron chi connectivity index (χ1n) is 6.44. The van der Waals surface area contributed by atoms with Gasteiger partial charge in [-0.15, -0.1) is 0 Å². The van der Waals surface area contributed by atoms with Gasteiger partial charge in [-0.3, -0.25) is 4.57 Å². The number of hydrogen-bond acceptors (Lipinski definition) is 8. The zero-order valence-corrected chi connectivity index (χ0v) is 13.0. The predicted octanol–water partition coefficient (Wildman–Crippen LogP) is 3.10. The molecule has 0 saturated carbocycles. The Balaban J connectivity index is 2.13. The summed E-state index contributed by atoms with van der Waals surface area (Å²) in [5, 5.41) is 3.66. The molecule has 2 aromatic heterocycles. The molecule has 0 amide bonds. The van der Waals surface area contributed by atoms with Crippen molar-refractivity contribution in [1.29, 1.82) is 0 Å². The molecule has 0 spiro atoms. The van der Waals surface area contributed by atoms with E-state index in [1.165, 1.54) is 13.3 Å². The van der Waals surface area contributed by atoms with Gasteiger partial charge in [-0.05, 0) is 19.0 Å². The maximum atomic E-state index is 12.4. The van der Waals surface area contributed by atoms with Gasteiger partial charge in [-0.25, -0.2) is 4.98 Å². The first-order valence-corrected chi connectivity index (χ1v) is 8.17. The van der Waals surface area contributed by atoms with Crippen LogP contribution < -0.4 is 4.74 Å². The molecule has 0 aromatic carbocycles. The van der Waals surface area contributed by atoms with E-state index in [1.54, 1.807) is 19.9 Å². The molecule has 0 aliphatic rings. The predicted molar refractivity (Wildman–Crippen MR) is 73.1 cm³/mol. The number of ether oxygens (including phenoxy) is 1. The van der Waals surface area contributed by atoms with Crippen LogP contribution in [0.15, 0.2) is 21.2 Å². The highest BCUT2D eigenvalue weighted by Gasteiger charge is 2.27. The molecule has 2 heterocycles. The molecule has 0 fully saturated rings. The van der Waals surface area contributed by atoms with Gasteiger partial charge < -0.3 is 22.7 Å². The second-order valence-electron chi connectivity index (χ2n) is 3.96. The van der Waals surface area contributed by atoms with Gasteiger partial charge in [0.2, 0.25) is 11.7 Å². The van der Waals surface area contributed by atoms with Crippen molar-refractivity contribution in [3.63, 3.8) is 0 Å². The highest BCUT2D eigenvalue weighted by molar-refractivity contribution is 7.52. The van der Waals surface area contributed by atoms with Crippen LogP contribution in [0.5, 0.6) is 5.88 Å². The monoisotopic (exact) mass is 316 g/mol.